The Labute approximate surface area is 123 Å². The van der Waals surface area contributed by atoms with Crippen molar-refractivity contribution < 1.29 is 4.79 Å². The number of piperidine rings is 1. The van der Waals surface area contributed by atoms with Gasteiger partial charge < -0.3 is 10.6 Å². The molecule has 0 spiro atoms. The maximum atomic E-state index is 11.9. The summed E-state index contributed by atoms with van der Waals surface area (Å²) in [5, 5.41) is 6.62. The van der Waals surface area contributed by atoms with Crippen LogP contribution in [0.25, 0.3) is 0 Å². The molecule has 1 saturated heterocycles. The molecule has 1 aliphatic heterocycles. The Morgan fingerprint density at radius 3 is 2.26 bits per heavy atom. The van der Waals surface area contributed by atoms with Crippen molar-refractivity contribution in [3.8, 4) is 0 Å². The number of carbonyl (C=O) groups is 1. The number of amides is 1. The fourth-order valence-corrected chi connectivity index (χ4v) is 3.23. The van der Waals surface area contributed by atoms with Crippen molar-refractivity contribution in [3.05, 3.63) is 0 Å². The molecule has 1 saturated carbocycles. The van der Waals surface area contributed by atoms with Gasteiger partial charge >= 0.3 is 0 Å². The molecule has 0 aromatic heterocycles. The minimum absolute atomic E-state index is 0. The first-order valence-electron chi connectivity index (χ1n) is 7.84. The minimum atomic E-state index is 0. The smallest absolute Gasteiger partial charge is 0.220 e. The maximum Gasteiger partial charge on any atom is 0.220 e. The second-order valence-corrected chi connectivity index (χ2v) is 5.99. The summed E-state index contributed by atoms with van der Waals surface area (Å²) in [4.78, 5) is 11.9. The second kappa shape index (κ2) is 9.60. The van der Waals surface area contributed by atoms with E-state index in [-0.39, 0.29) is 12.4 Å². The molecule has 1 amide bonds. The Balaban J connectivity index is 0.00000180. The summed E-state index contributed by atoms with van der Waals surface area (Å²) >= 11 is 0. The van der Waals surface area contributed by atoms with Crippen LogP contribution in [0.4, 0.5) is 0 Å². The van der Waals surface area contributed by atoms with Crippen molar-refractivity contribution in [1.29, 1.82) is 0 Å². The van der Waals surface area contributed by atoms with Gasteiger partial charge in [-0.15, -0.1) is 12.4 Å². The molecule has 1 heterocycles. The van der Waals surface area contributed by atoms with E-state index in [1.165, 1.54) is 51.4 Å². The molecule has 2 aliphatic rings. The van der Waals surface area contributed by atoms with E-state index in [4.69, 9.17) is 0 Å². The summed E-state index contributed by atoms with van der Waals surface area (Å²) in [5.74, 6) is 1.06. The van der Waals surface area contributed by atoms with Gasteiger partial charge in [0, 0.05) is 12.5 Å². The summed E-state index contributed by atoms with van der Waals surface area (Å²) in [5.41, 5.74) is 0. The van der Waals surface area contributed by atoms with Crippen molar-refractivity contribution in [2.45, 2.75) is 70.3 Å². The quantitative estimate of drug-likeness (QED) is 0.781. The second-order valence-electron chi connectivity index (χ2n) is 5.99. The highest BCUT2D eigenvalue weighted by Crippen LogP contribution is 2.19. The molecule has 0 radical (unpaired) electrons. The fraction of sp³-hybridized carbons (Fsp3) is 0.933. The molecule has 1 aliphatic carbocycles. The van der Waals surface area contributed by atoms with Gasteiger partial charge in [0.25, 0.3) is 0 Å². The fourth-order valence-electron chi connectivity index (χ4n) is 3.23. The van der Waals surface area contributed by atoms with Crippen LogP contribution in [0.3, 0.4) is 0 Å². The Bertz CT molecular complexity index is 247. The normalized spacial score (nSPS) is 22.3. The Morgan fingerprint density at radius 2 is 1.63 bits per heavy atom. The number of carbonyl (C=O) groups excluding carboxylic acids is 1. The molecule has 0 aromatic carbocycles. The van der Waals surface area contributed by atoms with E-state index in [0.29, 0.717) is 11.9 Å². The zero-order chi connectivity index (χ0) is 12.6. The SMILES string of the molecule is Cl.O=C(CCC1CCNCC1)NC1CCCCCC1. The van der Waals surface area contributed by atoms with Crippen LogP contribution in [0, 0.1) is 5.92 Å². The van der Waals surface area contributed by atoms with Gasteiger partial charge in [-0.3, -0.25) is 4.79 Å². The van der Waals surface area contributed by atoms with Crippen molar-refractivity contribution in [2.24, 2.45) is 5.92 Å². The summed E-state index contributed by atoms with van der Waals surface area (Å²) in [6.07, 6.45) is 12.0. The summed E-state index contributed by atoms with van der Waals surface area (Å²) in [7, 11) is 0. The number of halogens is 1. The lowest BCUT2D eigenvalue weighted by Crippen LogP contribution is -2.35. The molecule has 0 unspecified atom stereocenters. The van der Waals surface area contributed by atoms with E-state index >= 15 is 0 Å². The molecule has 19 heavy (non-hydrogen) atoms. The number of nitrogens with one attached hydrogen (secondary N) is 2. The van der Waals surface area contributed by atoms with E-state index in [9.17, 15) is 4.79 Å². The van der Waals surface area contributed by atoms with Gasteiger partial charge in [0.2, 0.25) is 5.91 Å². The van der Waals surface area contributed by atoms with Crippen LogP contribution in [-0.4, -0.2) is 25.0 Å². The van der Waals surface area contributed by atoms with E-state index in [1.54, 1.807) is 0 Å². The van der Waals surface area contributed by atoms with Crippen LogP contribution in [0.15, 0.2) is 0 Å². The maximum absolute atomic E-state index is 11.9. The van der Waals surface area contributed by atoms with E-state index in [1.807, 2.05) is 0 Å². The third kappa shape index (κ3) is 6.62. The van der Waals surface area contributed by atoms with Gasteiger partial charge in [0.05, 0.1) is 0 Å². The summed E-state index contributed by atoms with van der Waals surface area (Å²) in [6, 6.07) is 0.466. The predicted molar refractivity (Wildman–Crippen MR) is 81.7 cm³/mol. The third-order valence-corrected chi connectivity index (χ3v) is 4.46. The standard InChI is InChI=1S/C15H28N2O.ClH/c18-15(8-7-13-9-11-16-12-10-13)17-14-5-3-1-2-4-6-14;/h13-14,16H,1-12H2,(H,17,18);1H. The topological polar surface area (TPSA) is 41.1 Å². The highest BCUT2D eigenvalue weighted by molar-refractivity contribution is 5.85. The average molecular weight is 289 g/mol. The van der Waals surface area contributed by atoms with Gasteiger partial charge in [-0.2, -0.15) is 0 Å². The molecule has 2 rings (SSSR count). The molecule has 0 atom stereocenters. The van der Waals surface area contributed by atoms with Crippen molar-refractivity contribution in [3.63, 3.8) is 0 Å². The van der Waals surface area contributed by atoms with E-state index in [2.05, 4.69) is 10.6 Å². The molecular weight excluding hydrogens is 260 g/mol. The van der Waals surface area contributed by atoms with Crippen LogP contribution in [0.1, 0.15) is 64.2 Å². The third-order valence-electron chi connectivity index (χ3n) is 4.46. The predicted octanol–water partition coefficient (Wildman–Crippen LogP) is 3.03. The van der Waals surface area contributed by atoms with Crippen LogP contribution in [-0.2, 0) is 4.79 Å². The first-order valence-corrected chi connectivity index (χ1v) is 7.84. The zero-order valence-electron chi connectivity index (χ0n) is 12.0. The number of hydrogen-bond acceptors (Lipinski definition) is 2. The molecule has 2 fully saturated rings. The molecule has 3 nitrogen and oxygen atoms in total. The van der Waals surface area contributed by atoms with Gasteiger partial charge in [-0.05, 0) is 51.1 Å². The van der Waals surface area contributed by atoms with Gasteiger partial charge in [0.1, 0.15) is 0 Å². The highest BCUT2D eigenvalue weighted by Gasteiger charge is 2.17. The lowest BCUT2D eigenvalue weighted by molar-refractivity contribution is -0.122. The first-order chi connectivity index (χ1) is 8.84. The zero-order valence-corrected chi connectivity index (χ0v) is 12.8. The highest BCUT2D eigenvalue weighted by atomic mass is 35.5. The van der Waals surface area contributed by atoms with Gasteiger partial charge in [-0.25, -0.2) is 0 Å². The monoisotopic (exact) mass is 288 g/mol. The van der Waals surface area contributed by atoms with E-state index < -0.39 is 0 Å². The van der Waals surface area contributed by atoms with Gasteiger partial charge in [0.15, 0.2) is 0 Å². The molecule has 0 bridgehead atoms. The Kier molecular flexibility index (Phi) is 8.47. The van der Waals surface area contributed by atoms with Crippen LogP contribution in [0.2, 0.25) is 0 Å². The molecule has 112 valence electrons. The summed E-state index contributed by atoms with van der Waals surface area (Å²) < 4.78 is 0. The largest absolute Gasteiger partial charge is 0.353 e. The van der Waals surface area contributed by atoms with Gasteiger partial charge in [-0.1, -0.05) is 25.7 Å². The van der Waals surface area contributed by atoms with E-state index in [0.717, 1.165) is 31.8 Å². The lowest BCUT2D eigenvalue weighted by atomic mass is 9.93. The summed E-state index contributed by atoms with van der Waals surface area (Å²) in [6.45, 7) is 2.27. The van der Waals surface area contributed by atoms with Crippen molar-refractivity contribution in [1.82, 2.24) is 10.6 Å². The lowest BCUT2D eigenvalue weighted by Gasteiger charge is -2.23. The van der Waals surface area contributed by atoms with Crippen molar-refractivity contribution in [2.75, 3.05) is 13.1 Å². The molecule has 0 aromatic rings. The average Bonchev–Trinajstić information content (AvgIpc) is 2.66. The Hall–Kier alpha value is -0.280. The molecule has 4 heteroatoms. The van der Waals surface area contributed by atoms with Crippen LogP contribution >= 0.6 is 12.4 Å². The number of rotatable bonds is 4. The molecular formula is C15H29ClN2O. The van der Waals surface area contributed by atoms with Crippen molar-refractivity contribution >= 4 is 18.3 Å². The first kappa shape index (κ1) is 16.8. The number of hydrogen-bond donors (Lipinski definition) is 2. The molecule has 2 N–H and O–H groups in total. The minimum Gasteiger partial charge on any atom is -0.353 e. The van der Waals surface area contributed by atoms with Crippen LogP contribution in [0.5, 0.6) is 0 Å². The Morgan fingerprint density at radius 1 is 1.00 bits per heavy atom. The van der Waals surface area contributed by atoms with Crippen LogP contribution < -0.4 is 10.6 Å².